The molecule has 0 aliphatic carbocycles. The highest BCUT2D eigenvalue weighted by Crippen LogP contribution is 2.33. The molecule has 0 amide bonds. The average Bonchev–Trinajstić information content (AvgIpc) is 3.39. The van der Waals surface area contributed by atoms with Crippen LogP contribution in [0.4, 0.5) is 0 Å². The monoisotopic (exact) mass is 388 g/mol. The van der Waals surface area contributed by atoms with Crippen LogP contribution in [-0.2, 0) is 15.6 Å². The second kappa shape index (κ2) is 7.02. The number of carbonyl (C=O) groups excluding carboxylic acids is 1. The van der Waals surface area contributed by atoms with Crippen LogP contribution < -0.4 is 0 Å². The summed E-state index contributed by atoms with van der Waals surface area (Å²) in [5.74, 6) is 2.37. The molecule has 1 aromatic heterocycles. The Bertz CT molecular complexity index is 1170. The summed E-state index contributed by atoms with van der Waals surface area (Å²) in [5, 5.41) is 2.21. The Morgan fingerprint density at radius 3 is 2.36 bits per heavy atom. The van der Waals surface area contributed by atoms with E-state index >= 15 is 0 Å². The third-order valence-corrected chi connectivity index (χ3v) is 8.06. The van der Waals surface area contributed by atoms with Gasteiger partial charge in [-0.15, -0.1) is 0 Å². The van der Waals surface area contributed by atoms with Crippen molar-refractivity contribution in [2.24, 2.45) is 0 Å². The van der Waals surface area contributed by atoms with Gasteiger partial charge in [-0.2, -0.15) is 0 Å². The Balaban J connectivity index is 1.68. The van der Waals surface area contributed by atoms with Crippen molar-refractivity contribution in [3.8, 4) is 5.69 Å². The predicted octanol–water partition coefficient (Wildman–Crippen LogP) is 5.34. The lowest BCUT2D eigenvalue weighted by molar-refractivity contribution is 0.0601. The fourth-order valence-corrected chi connectivity index (χ4v) is 6.48. The van der Waals surface area contributed by atoms with E-state index < -0.39 is 0 Å². The number of hydrogen-bond donors (Lipinski definition) is 0. The summed E-state index contributed by atoms with van der Waals surface area (Å²) in [6, 6.07) is 23.2. The zero-order valence-electron chi connectivity index (χ0n) is 15.9. The number of aromatic nitrogens is 1. The molecule has 4 aromatic rings. The number of para-hydroxylation sites is 1. The van der Waals surface area contributed by atoms with Crippen molar-refractivity contribution in [1.29, 1.82) is 0 Å². The molecule has 1 aliphatic rings. The summed E-state index contributed by atoms with van der Waals surface area (Å²) in [6.45, 7) is 0. The van der Waals surface area contributed by atoms with Gasteiger partial charge >= 0.3 is 5.97 Å². The lowest BCUT2D eigenvalue weighted by Crippen LogP contribution is -2.04. The molecule has 0 spiro atoms. The number of fused-ring (bicyclic) bond motifs is 3. The van der Waals surface area contributed by atoms with Crippen LogP contribution in [0.3, 0.4) is 0 Å². The van der Waals surface area contributed by atoms with Crippen LogP contribution >= 0.6 is 0 Å². The van der Waals surface area contributed by atoms with E-state index in [0.717, 1.165) is 27.5 Å². The van der Waals surface area contributed by atoms with E-state index in [9.17, 15) is 4.79 Å². The molecule has 0 radical (unpaired) electrons. The molecule has 2 heterocycles. The van der Waals surface area contributed by atoms with E-state index in [1.807, 2.05) is 24.3 Å². The first kappa shape index (κ1) is 17.4. The highest BCUT2D eigenvalue weighted by molar-refractivity contribution is 7.97. The fraction of sp³-hybridized carbons (Fsp3) is 0.208. The third kappa shape index (κ3) is 2.80. The van der Waals surface area contributed by atoms with E-state index in [4.69, 9.17) is 4.74 Å². The zero-order chi connectivity index (χ0) is 19.1. The van der Waals surface area contributed by atoms with Gasteiger partial charge in [-0.3, -0.25) is 0 Å². The topological polar surface area (TPSA) is 31.2 Å². The zero-order valence-corrected chi connectivity index (χ0v) is 16.7. The number of carbonyl (C=O) groups is 1. The lowest BCUT2D eigenvalue weighted by atomic mass is 10.1. The largest absolute Gasteiger partial charge is 0.465 e. The van der Waals surface area contributed by atoms with E-state index in [-0.39, 0.29) is 5.97 Å². The van der Waals surface area contributed by atoms with E-state index in [0.29, 0.717) is 16.5 Å². The first-order valence-electron chi connectivity index (χ1n) is 9.66. The molecule has 1 fully saturated rings. The number of nitrogens with zero attached hydrogens (tertiary/aromatic N) is 1. The molecule has 5 rings (SSSR count). The van der Waals surface area contributed by atoms with Gasteiger partial charge in [-0.05, 0) is 61.4 Å². The highest BCUT2D eigenvalue weighted by atomic mass is 32.2. The number of benzene rings is 3. The van der Waals surface area contributed by atoms with Gasteiger partial charge in [0, 0.05) is 27.4 Å². The Hall–Kier alpha value is -2.72. The van der Waals surface area contributed by atoms with Crippen molar-refractivity contribution < 1.29 is 9.53 Å². The number of ether oxygens (including phenoxy) is 1. The normalized spacial score (nSPS) is 14.8. The Morgan fingerprint density at radius 2 is 1.61 bits per heavy atom. The van der Waals surface area contributed by atoms with Gasteiger partial charge in [0.25, 0.3) is 0 Å². The van der Waals surface area contributed by atoms with Gasteiger partial charge in [-0.25, -0.2) is 4.79 Å². The highest BCUT2D eigenvalue weighted by Gasteiger charge is 2.26. The maximum Gasteiger partial charge on any atom is 0.337 e. The van der Waals surface area contributed by atoms with Crippen molar-refractivity contribution in [3.05, 3.63) is 72.3 Å². The van der Waals surface area contributed by atoms with Crippen LogP contribution in [0.15, 0.2) is 71.6 Å². The van der Waals surface area contributed by atoms with Crippen molar-refractivity contribution in [1.82, 2.24) is 4.57 Å². The minimum Gasteiger partial charge on any atom is -0.465 e. The summed E-state index contributed by atoms with van der Waals surface area (Å²) >= 11 is 0. The van der Waals surface area contributed by atoms with Crippen molar-refractivity contribution in [2.75, 3.05) is 18.6 Å². The van der Waals surface area contributed by atoms with Gasteiger partial charge in [0.2, 0.25) is 0 Å². The van der Waals surface area contributed by atoms with Gasteiger partial charge in [0.15, 0.2) is 4.90 Å². The first-order valence-corrected chi connectivity index (χ1v) is 11.2. The maximum absolute atomic E-state index is 12.0. The molecular formula is C24H22NO2S+. The number of hydrogen-bond acceptors (Lipinski definition) is 2. The number of rotatable bonds is 3. The summed E-state index contributed by atoms with van der Waals surface area (Å²) in [5.41, 5.74) is 3.99. The predicted molar refractivity (Wildman–Crippen MR) is 117 cm³/mol. The minimum absolute atomic E-state index is 0.305. The van der Waals surface area contributed by atoms with Gasteiger partial charge in [0.05, 0.1) is 23.7 Å². The molecule has 0 atom stereocenters. The molecule has 3 nitrogen and oxygen atoms in total. The van der Waals surface area contributed by atoms with Crippen LogP contribution in [-0.4, -0.2) is 29.2 Å². The Morgan fingerprint density at radius 1 is 0.893 bits per heavy atom. The smallest absolute Gasteiger partial charge is 0.337 e. The number of esters is 1. The second-order valence-electron chi connectivity index (χ2n) is 7.18. The Kier molecular flexibility index (Phi) is 4.36. The SMILES string of the molecule is COC(=O)c1ccc2c(c1)c1ccccc1n2-c1ccc([S+]2CCCC2)cc1. The van der Waals surface area contributed by atoms with E-state index in [1.54, 1.807) is 0 Å². The molecule has 1 saturated heterocycles. The van der Waals surface area contributed by atoms with E-state index in [2.05, 4.69) is 47.0 Å². The van der Waals surface area contributed by atoms with Crippen molar-refractivity contribution >= 4 is 38.7 Å². The van der Waals surface area contributed by atoms with Crippen LogP contribution in [0, 0.1) is 0 Å². The Labute approximate surface area is 167 Å². The third-order valence-electron chi connectivity index (χ3n) is 5.55. The van der Waals surface area contributed by atoms with Gasteiger partial charge in [-0.1, -0.05) is 18.2 Å². The summed E-state index contributed by atoms with van der Waals surface area (Å²) in [7, 11) is 1.85. The quantitative estimate of drug-likeness (QED) is 0.350. The molecular weight excluding hydrogens is 366 g/mol. The summed E-state index contributed by atoms with van der Waals surface area (Å²) in [6.07, 6.45) is 2.72. The fourth-order valence-electron chi connectivity index (χ4n) is 4.17. The van der Waals surface area contributed by atoms with Crippen molar-refractivity contribution in [3.63, 3.8) is 0 Å². The summed E-state index contributed by atoms with van der Waals surface area (Å²) < 4.78 is 7.19. The van der Waals surface area contributed by atoms with Crippen LogP contribution in [0.2, 0.25) is 0 Å². The average molecular weight is 389 g/mol. The minimum atomic E-state index is -0.305. The van der Waals surface area contributed by atoms with Crippen LogP contribution in [0.1, 0.15) is 23.2 Å². The maximum atomic E-state index is 12.0. The van der Waals surface area contributed by atoms with Crippen LogP contribution in [0.25, 0.3) is 27.5 Å². The molecule has 0 N–H and O–H groups in total. The van der Waals surface area contributed by atoms with E-state index in [1.165, 1.54) is 36.4 Å². The molecule has 0 unspecified atom stereocenters. The molecule has 1 aliphatic heterocycles. The molecule has 0 bridgehead atoms. The molecule has 140 valence electrons. The first-order chi connectivity index (χ1) is 13.8. The molecule has 28 heavy (non-hydrogen) atoms. The van der Waals surface area contributed by atoms with Crippen molar-refractivity contribution in [2.45, 2.75) is 17.7 Å². The molecule has 3 aromatic carbocycles. The summed E-state index contributed by atoms with van der Waals surface area (Å²) in [4.78, 5) is 13.5. The van der Waals surface area contributed by atoms with Gasteiger partial charge < -0.3 is 9.30 Å². The second-order valence-corrected chi connectivity index (χ2v) is 9.45. The lowest BCUT2D eigenvalue weighted by Gasteiger charge is -2.09. The number of methoxy groups -OCH3 is 1. The molecule has 4 heteroatoms. The van der Waals surface area contributed by atoms with Crippen LogP contribution in [0.5, 0.6) is 0 Å². The standard InChI is InChI=1S/C24H22NO2S/c1-27-24(26)17-8-13-23-21(16-17)20-6-2-3-7-22(20)25(23)18-9-11-19(12-10-18)28-14-4-5-15-28/h2-3,6-13,16H,4-5,14-15H2,1H3/q+1. The molecule has 0 saturated carbocycles. The van der Waals surface area contributed by atoms with Gasteiger partial charge in [0.1, 0.15) is 11.5 Å².